The van der Waals surface area contributed by atoms with Crippen molar-refractivity contribution in [3.8, 4) is 5.75 Å². The number of sulfonamides is 1. The number of fused-ring (bicyclic) bond motifs is 3. The van der Waals surface area contributed by atoms with E-state index in [0.29, 0.717) is 36.8 Å². The lowest BCUT2D eigenvalue weighted by molar-refractivity contribution is -0.0588. The van der Waals surface area contributed by atoms with Gasteiger partial charge in [-0.3, -0.25) is 0 Å². The Balaban J connectivity index is 1.31. The zero-order valence-corrected chi connectivity index (χ0v) is 26.7. The molecule has 6 rings (SSSR count). The maximum atomic E-state index is 12.6. The van der Waals surface area contributed by atoms with Crippen LogP contribution in [0.15, 0.2) is 36.4 Å². The number of carbonyl (C=O) groups is 1. The van der Waals surface area contributed by atoms with Crippen LogP contribution in [0.5, 0.6) is 5.75 Å². The molecule has 2 saturated carbocycles. The first-order chi connectivity index (χ1) is 20.6. The van der Waals surface area contributed by atoms with Crippen LogP contribution in [-0.4, -0.2) is 59.7 Å². The van der Waals surface area contributed by atoms with E-state index in [1.807, 2.05) is 18.2 Å². The van der Waals surface area contributed by atoms with E-state index in [2.05, 4.69) is 17.0 Å². The summed E-state index contributed by atoms with van der Waals surface area (Å²) in [6, 6.07) is 11.8. The highest BCUT2D eigenvalue weighted by atomic mass is 35.5. The molecule has 0 amide bonds. The Bertz CT molecular complexity index is 1470. The molecular weight excluding hydrogens is 588 g/mol. The fourth-order valence-electron chi connectivity index (χ4n) is 8.39. The van der Waals surface area contributed by atoms with Gasteiger partial charge in [-0.25, -0.2) is 18.4 Å². The molecule has 2 aromatic rings. The standard InChI is InChI=1S/C33H43ClN2O6S/c1-40-31(22-5-3-7-26(16-22)43(35,38)39)27-11-8-24(27)18-36-19-33(14-4-6-21-15-25(34)10-12-28(21)33)20-42-30-13-9-23(17-29(30)36)32(37)41-2/h9-10,12-13,15,17,22,24,26-27,31H,3-8,11,14,16,18-20H2,1-2H3,(H2,35,38,39)/t22-,24-,26+,27+,31-,33-/m0/s1. The summed E-state index contributed by atoms with van der Waals surface area (Å²) < 4.78 is 42.2. The van der Waals surface area contributed by atoms with Crippen molar-refractivity contribution in [3.63, 3.8) is 0 Å². The summed E-state index contributed by atoms with van der Waals surface area (Å²) in [5.74, 6) is 1.24. The van der Waals surface area contributed by atoms with Gasteiger partial charge in [0, 0.05) is 30.6 Å². The minimum Gasteiger partial charge on any atom is -0.490 e. The number of nitrogens with two attached hydrogens (primary N) is 1. The van der Waals surface area contributed by atoms with Gasteiger partial charge in [-0.05, 0) is 111 Å². The van der Waals surface area contributed by atoms with Crippen molar-refractivity contribution in [2.45, 2.75) is 74.6 Å². The fourth-order valence-corrected chi connectivity index (χ4v) is 9.60. The molecule has 10 heteroatoms. The Morgan fingerprint density at radius 1 is 1.14 bits per heavy atom. The molecule has 4 aliphatic rings. The molecule has 0 saturated heterocycles. The van der Waals surface area contributed by atoms with Crippen LogP contribution in [0.2, 0.25) is 5.02 Å². The lowest BCUT2D eigenvalue weighted by Crippen LogP contribution is -2.51. The molecule has 1 heterocycles. The summed E-state index contributed by atoms with van der Waals surface area (Å²) >= 11 is 6.41. The van der Waals surface area contributed by atoms with Gasteiger partial charge in [-0.2, -0.15) is 0 Å². The number of hydrogen-bond acceptors (Lipinski definition) is 7. The summed E-state index contributed by atoms with van der Waals surface area (Å²) in [6.07, 6.45) is 8.15. The average Bonchev–Trinajstić information content (AvgIpc) is 3.14. The third kappa shape index (κ3) is 6.02. The van der Waals surface area contributed by atoms with Gasteiger partial charge in [-0.1, -0.05) is 24.1 Å². The van der Waals surface area contributed by atoms with Crippen LogP contribution in [-0.2, 0) is 31.3 Å². The maximum absolute atomic E-state index is 12.6. The lowest BCUT2D eigenvalue weighted by atomic mass is 9.65. The third-order valence-corrected chi connectivity index (χ3v) is 12.3. The molecule has 3 aliphatic carbocycles. The van der Waals surface area contributed by atoms with Crippen molar-refractivity contribution in [1.29, 1.82) is 0 Å². The first kappa shape index (κ1) is 30.7. The number of rotatable bonds is 7. The number of carbonyl (C=O) groups excluding carboxylic acids is 1. The number of halogens is 1. The van der Waals surface area contributed by atoms with Crippen molar-refractivity contribution < 1.29 is 27.4 Å². The Hall–Kier alpha value is -2.33. The number of anilines is 1. The first-order valence-corrected chi connectivity index (χ1v) is 17.5. The summed E-state index contributed by atoms with van der Waals surface area (Å²) in [5.41, 5.74) is 3.77. The monoisotopic (exact) mass is 630 g/mol. The molecule has 6 atom stereocenters. The van der Waals surface area contributed by atoms with E-state index >= 15 is 0 Å². The summed E-state index contributed by atoms with van der Waals surface area (Å²) in [6.45, 7) is 2.10. The topological polar surface area (TPSA) is 108 Å². The van der Waals surface area contributed by atoms with Crippen LogP contribution in [0.1, 0.15) is 72.9 Å². The van der Waals surface area contributed by atoms with Gasteiger partial charge < -0.3 is 19.1 Å². The zero-order chi connectivity index (χ0) is 30.4. The number of benzene rings is 2. The summed E-state index contributed by atoms with van der Waals surface area (Å²) in [4.78, 5) is 15.0. The van der Waals surface area contributed by atoms with Crippen molar-refractivity contribution in [3.05, 3.63) is 58.1 Å². The van der Waals surface area contributed by atoms with Crippen LogP contribution in [0.4, 0.5) is 5.69 Å². The molecule has 2 N–H and O–H groups in total. The molecule has 8 nitrogen and oxygen atoms in total. The van der Waals surface area contributed by atoms with E-state index in [9.17, 15) is 13.2 Å². The second kappa shape index (κ2) is 12.2. The van der Waals surface area contributed by atoms with Gasteiger partial charge in [-0.15, -0.1) is 0 Å². The summed E-state index contributed by atoms with van der Waals surface area (Å²) in [5, 5.41) is 5.84. The van der Waals surface area contributed by atoms with Crippen LogP contribution < -0.4 is 14.8 Å². The molecule has 0 aromatic heterocycles. The second-order valence-corrected chi connectivity index (χ2v) is 15.4. The van der Waals surface area contributed by atoms with Gasteiger partial charge in [0.15, 0.2) is 0 Å². The normalized spacial score (nSPS) is 29.4. The van der Waals surface area contributed by atoms with Crippen molar-refractivity contribution >= 4 is 33.3 Å². The molecule has 0 bridgehead atoms. The predicted molar refractivity (Wildman–Crippen MR) is 167 cm³/mol. The number of nitrogens with zero attached hydrogens (tertiary/aromatic N) is 1. The largest absolute Gasteiger partial charge is 0.490 e. The lowest BCUT2D eigenvalue weighted by Gasteiger charge is -2.48. The maximum Gasteiger partial charge on any atom is 0.337 e. The smallest absolute Gasteiger partial charge is 0.337 e. The Morgan fingerprint density at radius 2 is 1.98 bits per heavy atom. The highest BCUT2D eigenvalue weighted by Crippen LogP contribution is 2.48. The van der Waals surface area contributed by atoms with Gasteiger partial charge in [0.25, 0.3) is 0 Å². The molecule has 1 spiro atoms. The number of hydrogen-bond donors (Lipinski definition) is 1. The van der Waals surface area contributed by atoms with Crippen molar-refractivity contribution in [2.24, 2.45) is 22.9 Å². The van der Waals surface area contributed by atoms with Gasteiger partial charge in [0.05, 0.1) is 36.3 Å². The first-order valence-electron chi connectivity index (χ1n) is 15.6. The zero-order valence-electron chi connectivity index (χ0n) is 25.1. The Morgan fingerprint density at radius 3 is 2.70 bits per heavy atom. The minimum atomic E-state index is -3.57. The number of methoxy groups -OCH3 is 2. The Kier molecular flexibility index (Phi) is 8.72. The van der Waals surface area contributed by atoms with Crippen molar-refractivity contribution in [1.82, 2.24) is 0 Å². The van der Waals surface area contributed by atoms with E-state index in [-0.39, 0.29) is 23.4 Å². The van der Waals surface area contributed by atoms with Gasteiger partial charge >= 0.3 is 5.97 Å². The van der Waals surface area contributed by atoms with E-state index in [1.54, 1.807) is 13.2 Å². The second-order valence-electron chi connectivity index (χ2n) is 13.1. The predicted octanol–water partition coefficient (Wildman–Crippen LogP) is 5.49. The number of primary sulfonamides is 1. The van der Waals surface area contributed by atoms with E-state index in [0.717, 1.165) is 74.5 Å². The van der Waals surface area contributed by atoms with E-state index in [1.165, 1.54) is 18.2 Å². The van der Waals surface area contributed by atoms with Gasteiger partial charge in [0.2, 0.25) is 10.0 Å². The highest BCUT2D eigenvalue weighted by Gasteiger charge is 2.46. The molecule has 234 valence electrons. The molecular formula is C33H43ClN2O6S. The molecule has 43 heavy (non-hydrogen) atoms. The minimum absolute atomic E-state index is 0.0149. The molecule has 0 unspecified atom stereocenters. The molecule has 0 radical (unpaired) electrons. The van der Waals surface area contributed by atoms with Crippen molar-refractivity contribution in [2.75, 3.05) is 38.8 Å². The fraction of sp³-hybridized carbons (Fsp3) is 0.606. The van der Waals surface area contributed by atoms with Crippen LogP contribution in [0, 0.1) is 17.8 Å². The summed E-state index contributed by atoms with van der Waals surface area (Å²) in [7, 11) is -0.408. The molecule has 2 fully saturated rings. The van der Waals surface area contributed by atoms with Crippen LogP contribution in [0.25, 0.3) is 0 Å². The van der Waals surface area contributed by atoms with Crippen LogP contribution in [0.3, 0.4) is 0 Å². The number of ether oxygens (including phenoxy) is 3. The third-order valence-electron chi connectivity index (χ3n) is 10.7. The average molecular weight is 631 g/mol. The van der Waals surface area contributed by atoms with E-state index < -0.39 is 15.3 Å². The number of aryl methyl sites for hydroxylation is 1. The molecule has 1 aliphatic heterocycles. The number of esters is 1. The molecule has 2 aromatic carbocycles. The van der Waals surface area contributed by atoms with Gasteiger partial charge in [0.1, 0.15) is 5.75 Å². The quantitative estimate of drug-likeness (QED) is 0.403. The highest BCUT2D eigenvalue weighted by molar-refractivity contribution is 7.89. The SMILES string of the molecule is COC(=O)c1ccc2c(c1)N(C[C@@H]1CC[C@H]1[C@@H](OC)[C@H]1CCC[C@@H](S(N)(=O)=O)C1)C[C@@]1(CCCc3cc(Cl)ccc31)CO2. The Labute approximate surface area is 260 Å². The van der Waals surface area contributed by atoms with E-state index in [4.69, 9.17) is 31.0 Å². The van der Waals surface area contributed by atoms with Crippen LogP contribution >= 0.6 is 11.6 Å².